The molecule has 0 atom stereocenters. The molecule has 0 aliphatic carbocycles. The number of hydrogen-bond acceptors (Lipinski definition) is 5. The number of hydrogen-bond donors (Lipinski definition) is 1. The zero-order valence-electron chi connectivity index (χ0n) is 16.3. The number of amides is 1. The van der Waals surface area contributed by atoms with Crippen LogP contribution in [0.15, 0.2) is 88.1 Å². The van der Waals surface area contributed by atoms with Crippen LogP contribution in [0.25, 0.3) is 11.0 Å². The van der Waals surface area contributed by atoms with Crippen molar-refractivity contribution in [2.24, 2.45) is 0 Å². The number of rotatable bonds is 6. The van der Waals surface area contributed by atoms with Crippen molar-refractivity contribution < 1.29 is 18.7 Å². The van der Waals surface area contributed by atoms with Crippen LogP contribution in [0.5, 0.6) is 17.2 Å². The predicted molar refractivity (Wildman–Crippen MR) is 115 cm³/mol. The average Bonchev–Trinajstić information content (AvgIpc) is 2.75. The molecule has 30 heavy (non-hydrogen) atoms. The molecule has 0 bridgehead atoms. The van der Waals surface area contributed by atoms with Crippen LogP contribution in [0.4, 0.5) is 5.69 Å². The van der Waals surface area contributed by atoms with Crippen LogP contribution in [0, 0.1) is 0 Å². The van der Waals surface area contributed by atoms with Gasteiger partial charge in [0.15, 0.2) is 0 Å². The molecule has 0 saturated heterocycles. The van der Waals surface area contributed by atoms with E-state index in [1.807, 2.05) is 37.3 Å². The van der Waals surface area contributed by atoms with Crippen LogP contribution < -0.4 is 20.4 Å². The predicted octanol–water partition coefficient (Wildman–Crippen LogP) is 5.24. The fourth-order valence-electron chi connectivity index (χ4n) is 3.02. The number of carbonyl (C=O) groups excluding carboxylic acids is 1. The van der Waals surface area contributed by atoms with E-state index in [1.165, 1.54) is 6.07 Å². The molecule has 1 N–H and O–H groups in total. The molecule has 0 spiro atoms. The van der Waals surface area contributed by atoms with Crippen molar-refractivity contribution >= 4 is 22.6 Å². The van der Waals surface area contributed by atoms with Crippen LogP contribution >= 0.6 is 0 Å². The Balaban J connectivity index is 1.55. The van der Waals surface area contributed by atoms with E-state index >= 15 is 0 Å². The highest BCUT2D eigenvalue weighted by Gasteiger charge is 2.14. The van der Waals surface area contributed by atoms with E-state index in [9.17, 15) is 9.59 Å². The van der Waals surface area contributed by atoms with Crippen LogP contribution in [0.3, 0.4) is 0 Å². The van der Waals surface area contributed by atoms with E-state index in [-0.39, 0.29) is 5.56 Å². The van der Waals surface area contributed by atoms with Gasteiger partial charge < -0.3 is 19.2 Å². The summed E-state index contributed by atoms with van der Waals surface area (Å²) in [5.41, 5.74) is 0.500. The quantitative estimate of drug-likeness (QED) is 0.447. The van der Waals surface area contributed by atoms with Gasteiger partial charge in [0, 0.05) is 23.2 Å². The summed E-state index contributed by atoms with van der Waals surface area (Å²) in [4.78, 5) is 24.8. The molecule has 150 valence electrons. The van der Waals surface area contributed by atoms with Gasteiger partial charge in [0.25, 0.3) is 5.91 Å². The molecule has 4 aromatic rings. The molecule has 1 aromatic heterocycles. The molecule has 0 aliphatic rings. The second-order valence-corrected chi connectivity index (χ2v) is 6.46. The van der Waals surface area contributed by atoms with E-state index in [4.69, 9.17) is 13.9 Å². The smallest absolute Gasteiger partial charge is 0.337 e. The number of carbonyl (C=O) groups is 1. The van der Waals surface area contributed by atoms with Crippen molar-refractivity contribution in [2.75, 3.05) is 11.9 Å². The number of benzene rings is 3. The van der Waals surface area contributed by atoms with Gasteiger partial charge in [-0.05, 0) is 55.5 Å². The molecule has 1 heterocycles. The summed E-state index contributed by atoms with van der Waals surface area (Å²) >= 11 is 0. The average molecular weight is 401 g/mol. The first-order valence-electron chi connectivity index (χ1n) is 9.47. The standard InChI is InChI=1S/C24H19NO5/c1-2-28-19-12-13-20-21(15-23(26)30-22(20)14-19)24(27)25-16-8-10-18(11-9-16)29-17-6-4-3-5-7-17/h3-15H,2H2,1H3,(H,25,27). The van der Waals surface area contributed by atoms with Gasteiger partial charge in [-0.15, -0.1) is 0 Å². The minimum Gasteiger partial charge on any atom is -0.494 e. The molecular formula is C24H19NO5. The molecule has 0 unspecified atom stereocenters. The fraction of sp³-hybridized carbons (Fsp3) is 0.0833. The summed E-state index contributed by atoms with van der Waals surface area (Å²) < 4.78 is 16.4. The number of para-hydroxylation sites is 1. The number of fused-ring (bicyclic) bond motifs is 1. The normalized spacial score (nSPS) is 10.6. The molecule has 0 radical (unpaired) electrons. The highest BCUT2D eigenvalue weighted by molar-refractivity contribution is 6.12. The zero-order chi connectivity index (χ0) is 20.9. The first kappa shape index (κ1) is 19.3. The maximum atomic E-state index is 12.8. The van der Waals surface area contributed by atoms with Crippen molar-refractivity contribution in [3.05, 3.63) is 94.8 Å². The SMILES string of the molecule is CCOc1ccc2c(C(=O)Nc3ccc(Oc4ccccc4)cc3)cc(=O)oc2c1. The molecule has 3 aromatic carbocycles. The highest BCUT2D eigenvalue weighted by Crippen LogP contribution is 2.25. The Morgan fingerprint density at radius 1 is 0.900 bits per heavy atom. The molecule has 4 rings (SSSR count). The van der Waals surface area contributed by atoms with Gasteiger partial charge >= 0.3 is 5.63 Å². The summed E-state index contributed by atoms with van der Waals surface area (Å²) in [7, 11) is 0. The van der Waals surface area contributed by atoms with Crippen LogP contribution in [0.2, 0.25) is 0 Å². The lowest BCUT2D eigenvalue weighted by atomic mass is 10.1. The minimum atomic E-state index is -0.604. The molecule has 1 amide bonds. The molecular weight excluding hydrogens is 382 g/mol. The van der Waals surface area contributed by atoms with Crippen molar-refractivity contribution in [2.45, 2.75) is 6.92 Å². The van der Waals surface area contributed by atoms with E-state index in [1.54, 1.807) is 42.5 Å². The van der Waals surface area contributed by atoms with E-state index in [0.29, 0.717) is 34.8 Å². The third kappa shape index (κ3) is 4.33. The van der Waals surface area contributed by atoms with Crippen molar-refractivity contribution in [1.82, 2.24) is 0 Å². The van der Waals surface area contributed by atoms with Gasteiger partial charge in [-0.1, -0.05) is 18.2 Å². The Morgan fingerprint density at radius 2 is 1.60 bits per heavy atom. The Labute approximate surface area is 172 Å². The Morgan fingerprint density at radius 3 is 2.33 bits per heavy atom. The van der Waals surface area contributed by atoms with Crippen molar-refractivity contribution in [3.63, 3.8) is 0 Å². The minimum absolute atomic E-state index is 0.230. The Kier molecular flexibility index (Phi) is 5.48. The summed E-state index contributed by atoms with van der Waals surface area (Å²) in [5, 5.41) is 3.33. The zero-order valence-corrected chi connectivity index (χ0v) is 16.3. The molecule has 6 heteroatoms. The monoisotopic (exact) mass is 401 g/mol. The van der Waals surface area contributed by atoms with E-state index in [2.05, 4.69) is 5.32 Å². The first-order chi connectivity index (χ1) is 14.6. The van der Waals surface area contributed by atoms with Crippen LogP contribution in [-0.4, -0.2) is 12.5 Å². The van der Waals surface area contributed by atoms with Gasteiger partial charge in [0.2, 0.25) is 0 Å². The first-order valence-corrected chi connectivity index (χ1v) is 9.47. The van der Waals surface area contributed by atoms with Gasteiger partial charge in [-0.2, -0.15) is 0 Å². The van der Waals surface area contributed by atoms with Crippen molar-refractivity contribution in [3.8, 4) is 17.2 Å². The van der Waals surface area contributed by atoms with E-state index < -0.39 is 11.5 Å². The van der Waals surface area contributed by atoms with Crippen molar-refractivity contribution in [1.29, 1.82) is 0 Å². The summed E-state index contributed by atoms with van der Waals surface area (Å²) in [5.74, 6) is 1.53. The fourth-order valence-corrected chi connectivity index (χ4v) is 3.02. The van der Waals surface area contributed by atoms with Gasteiger partial charge in [-0.25, -0.2) is 4.79 Å². The Hall–Kier alpha value is -4.06. The van der Waals surface area contributed by atoms with Gasteiger partial charge in [0.1, 0.15) is 22.8 Å². The summed E-state index contributed by atoms with van der Waals surface area (Å²) in [6.07, 6.45) is 0. The molecule has 0 saturated carbocycles. The largest absolute Gasteiger partial charge is 0.494 e. The van der Waals surface area contributed by atoms with Crippen LogP contribution in [0.1, 0.15) is 17.3 Å². The Bertz CT molecular complexity index is 1230. The highest BCUT2D eigenvalue weighted by atomic mass is 16.5. The summed E-state index contributed by atoms with van der Waals surface area (Å²) in [6.45, 7) is 2.35. The third-order valence-electron chi connectivity index (χ3n) is 4.36. The number of nitrogens with one attached hydrogen (secondary N) is 1. The number of anilines is 1. The lowest BCUT2D eigenvalue weighted by Crippen LogP contribution is -2.15. The topological polar surface area (TPSA) is 77.8 Å². The second kappa shape index (κ2) is 8.53. The van der Waals surface area contributed by atoms with Crippen LogP contribution in [-0.2, 0) is 0 Å². The second-order valence-electron chi connectivity index (χ2n) is 6.46. The number of ether oxygens (including phenoxy) is 2. The van der Waals surface area contributed by atoms with Gasteiger partial charge in [0.05, 0.1) is 12.2 Å². The maximum Gasteiger partial charge on any atom is 0.337 e. The summed E-state index contributed by atoms with van der Waals surface area (Å²) in [6, 6.07) is 22.6. The van der Waals surface area contributed by atoms with Gasteiger partial charge in [-0.3, -0.25) is 4.79 Å². The lowest BCUT2D eigenvalue weighted by molar-refractivity contribution is 0.102. The third-order valence-corrected chi connectivity index (χ3v) is 4.36. The maximum absolute atomic E-state index is 12.8. The molecule has 0 aliphatic heterocycles. The molecule has 0 fully saturated rings. The lowest BCUT2D eigenvalue weighted by Gasteiger charge is -2.10. The molecule has 6 nitrogen and oxygen atoms in total. The van der Waals surface area contributed by atoms with E-state index in [0.717, 1.165) is 5.75 Å².